The number of halogens is 3. The molecular formula is C29H38F3N6O5PS. The van der Waals surface area contributed by atoms with Gasteiger partial charge in [-0.15, -0.1) is 0 Å². The van der Waals surface area contributed by atoms with Crippen molar-refractivity contribution in [2.45, 2.75) is 52.2 Å². The van der Waals surface area contributed by atoms with E-state index >= 15 is 13.2 Å². The average Bonchev–Trinajstić information content (AvgIpc) is 2.91. The smallest absolute Gasteiger partial charge is 0.410 e. The maximum atomic E-state index is 15.6. The van der Waals surface area contributed by atoms with Crippen LogP contribution in [0.25, 0.3) is 10.9 Å². The predicted molar refractivity (Wildman–Crippen MR) is 167 cm³/mol. The van der Waals surface area contributed by atoms with Crippen molar-refractivity contribution in [2.75, 3.05) is 50.6 Å². The first kappa shape index (κ1) is 34.6. The summed E-state index contributed by atoms with van der Waals surface area (Å²) in [7, 11) is -5.94. The minimum atomic E-state index is -3.92. The fourth-order valence-electron chi connectivity index (χ4n) is 4.93. The van der Waals surface area contributed by atoms with E-state index in [0.717, 1.165) is 19.4 Å². The molecule has 0 bridgehead atoms. The predicted octanol–water partition coefficient (Wildman–Crippen LogP) is 4.87. The molecule has 0 saturated carbocycles. The first-order chi connectivity index (χ1) is 20.7. The Kier molecular flexibility index (Phi) is 9.59. The molecule has 11 nitrogen and oxygen atoms in total. The largest absolute Gasteiger partial charge is 0.444 e. The summed E-state index contributed by atoms with van der Waals surface area (Å²) in [6.45, 7) is 7.79. The molecule has 45 heavy (non-hydrogen) atoms. The van der Waals surface area contributed by atoms with Gasteiger partial charge in [-0.2, -0.15) is 13.1 Å². The number of fused-ring (bicyclic) bond motifs is 1. The molecule has 246 valence electrons. The van der Waals surface area contributed by atoms with Crippen molar-refractivity contribution in [2.24, 2.45) is 0 Å². The third kappa shape index (κ3) is 7.93. The Morgan fingerprint density at radius 2 is 1.84 bits per heavy atom. The number of rotatable bonds is 8. The van der Waals surface area contributed by atoms with Gasteiger partial charge < -0.3 is 19.5 Å². The number of alkyl halides is 2. The molecule has 1 saturated heterocycles. The van der Waals surface area contributed by atoms with Gasteiger partial charge in [0.05, 0.1) is 36.1 Å². The molecule has 0 spiro atoms. The topological polar surface area (TPSA) is 135 Å². The van der Waals surface area contributed by atoms with Crippen molar-refractivity contribution in [3.63, 3.8) is 0 Å². The number of nitrogens with zero attached hydrogens (tertiary/aromatic N) is 5. The number of carbonyl (C=O) groups is 1. The number of carbonyl (C=O) groups excluding carboxylic acids is 1. The monoisotopic (exact) mass is 670 g/mol. The van der Waals surface area contributed by atoms with Crippen LogP contribution in [-0.4, -0.2) is 89.5 Å². The number of pyridine rings is 1. The van der Waals surface area contributed by atoms with Gasteiger partial charge in [0, 0.05) is 43.4 Å². The zero-order valence-electron chi connectivity index (χ0n) is 26.3. The average molecular weight is 671 g/mol. The molecule has 1 aromatic carbocycles. The Hall–Kier alpha value is -3.29. The Balaban J connectivity index is 1.61. The summed E-state index contributed by atoms with van der Waals surface area (Å²) < 4.78 is 89.1. The highest BCUT2D eigenvalue weighted by Gasteiger charge is 2.39. The summed E-state index contributed by atoms with van der Waals surface area (Å²) in [6.07, 6.45) is 2.21. The van der Waals surface area contributed by atoms with Gasteiger partial charge in [0.1, 0.15) is 35.6 Å². The van der Waals surface area contributed by atoms with E-state index in [9.17, 15) is 17.8 Å². The van der Waals surface area contributed by atoms with Crippen LogP contribution in [0.5, 0.6) is 0 Å². The van der Waals surface area contributed by atoms with E-state index in [2.05, 4.69) is 20.3 Å². The first-order valence-electron chi connectivity index (χ1n) is 14.3. The molecule has 3 heterocycles. The van der Waals surface area contributed by atoms with Crippen molar-refractivity contribution >= 4 is 45.4 Å². The standard InChI is InChI=1S/C29H38F3N6O5PS/c1-18(20-9-8-10-22(25(20)30)29(31,32)17-37(6)45(7,41)42)34-26-21-15-24(33-16-23(21)35-19(2)36-26)44(40)13-11-38(12-14-44)27(39)43-28(3,4)5/h8-10,15-16,18H,11-14,17H2,1-7H3,(H,34,35,36)/t18-/m1/s1. The van der Waals surface area contributed by atoms with Gasteiger partial charge in [-0.3, -0.25) is 4.98 Å². The van der Waals surface area contributed by atoms with E-state index < -0.39 is 58.7 Å². The molecule has 1 amide bonds. The maximum absolute atomic E-state index is 15.6. The van der Waals surface area contributed by atoms with Crippen LogP contribution in [0, 0.1) is 12.7 Å². The van der Waals surface area contributed by atoms with Gasteiger partial charge in [0.15, 0.2) is 0 Å². The molecule has 2 aromatic heterocycles. The van der Waals surface area contributed by atoms with Crippen molar-refractivity contribution in [1.29, 1.82) is 0 Å². The van der Waals surface area contributed by atoms with Crippen LogP contribution in [0.1, 0.15) is 50.7 Å². The number of hydrogen-bond acceptors (Lipinski definition) is 9. The Morgan fingerprint density at radius 1 is 1.20 bits per heavy atom. The fourth-order valence-corrected chi connectivity index (χ4v) is 7.77. The van der Waals surface area contributed by atoms with Crippen molar-refractivity contribution < 1.29 is 35.7 Å². The number of aromatic nitrogens is 3. The molecule has 1 atom stereocenters. The number of amides is 1. The van der Waals surface area contributed by atoms with E-state index in [1.165, 1.54) is 23.2 Å². The van der Waals surface area contributed by atoms with Crippen LogP contribution in [0.3, 0.4) is 0 Å². The normalized spacial score (nSPS) is 16.6. The first-order valence-corrected chi connectivity index (χ1v) is 18.2. The number of sulfonamides is 1. The lowest BCUT2D eigenvalue weighted by molar-refractivity contribution is -0.0203. The second-order valence-electron chi connectivity index (χ2n) is 12.3. The number of hydrogen-bond donors (Lipinski definition) is 1. The Labute approximate surface area is 261 Å². The minimum absolute atomic E-state index is 0.0878. The third-order valence-corrected chi connectivity index (χ3v) is 11.6. The zero-order valence-corrected chi connectivity index (χ0v) is 28.0. The lowest BCUT2D eigenvalue weighted by Crippen LogP contribution is -2.43. The van der Waals surface area contributed by atoms with E-state index in [1.54, 1.807) is 40.7 Å². The zero-order chi connectivity index (χ0) is 33.5. The number of likely N-dealkylation sites (N-methyl/N-ethyl adjacent to an activating group) is 1. The number of ether oxygens (including phenoxy) is 1. The Bertz CT molecular complexity index is 1760. The van der Waals surface area contributed by atoms with E-state index in [-0.39, 0.29) is 36.8 Å². The molecule has 1 aliphatic heterocycles. The quantitative estimate of drug-likeness (QED) is 0.333. The SMILES string of the molecule is Cc1nc(N[C@H](C)c2cccc(C(F)(F)CN(C)S(C)(=O)=O)c2F)c2cc(P3(=O)CCN(C(=O)OC(C)(C)C)CC3)ncc2n1. The van der Waals surface area contributed by atoms with Crippen LogP contribution >= 0.6 is 7.14 Å². The molecule has 4 rings (SSSR count). The highest BCUT2D eigenvalue weighted by molar-refractivity contribution is 7.88. The molecule has 0 unspecified atom stereocenters. The summed E-state index contributed by atoms with van der Waals surface area (Å²) in [5.41, 5.74) is -0.906. The van der Waals surface area contributed by atoms with Gasteiger partial charge in [0.25, 0.3) is 5.92 Å². The van der Waals surface area contributed by atoms with Crippen LogP contribution in [0.2, 0.25) is 0 Å². The number of aryl methyl sites for hydroxylation is 1. The minimum Gasteiger partial charge on any atom is -0.444 e. The molecular weight excluding hydrogens is 632 g/mol. The summed E-state index contributed by atoms with van der Waals surface area (Å²) >= 11 is 0. The van der Waals surface area contributed by atoms with Crippen LogP contribution in [0.15, 0.2) is 30.5 Å². The Morgan fingerprint density at radius 3 is 2.44 bits per heavy atom. The summed E-state index contributed by atoms with van der Waals surface area (Å²) in [5.74, 6) is -4.35. The molecule has 0 radical (unpaired) electrons. The molecule has 1 N–H and O–H groups in total. The van der Waals surface area contributed by atoms with Crippen molar-refractivity contribution in [3.05, 3.63) is 53.2 Å². The van der Waals surface area contributed by atoms with Crippen molar-refractivity contribution in [1.82, 2.24) is 24.2 Å². The fraction of sp³-hybridized carbons (Fsp3) is 0.517. The van der Waals surface area contributed by atoms with Crippen LogP contribution in [0.4, 0.5) is 23.8 Å². The molecule has 3 aromatic rings. The van der Waals surface area contributed by atoms with E-state index in [1.807, 2.05) is 0 Å². The van der Waals surface area contributed by atoms with Gasteiger partial charge >= 0.3 is 6.09 Å². The second kappa shape index (κ2) is 12.5. The van der Waals surface area contributed by atoms with Gasteiger partial charge in [-0.25, -0.2) is 27.6 Å². The maximum Gasteiger partial charge on any atom is 0.410 e. The van der Waals surface area contributed by atoms with Gasteiger partial charge in [-0.1, -0.05) is 18.2 Å². The van der Waals surface area contributed by atoms with Crippen molar-refractivity contribution in [3.8, 4) is 0 Å². The van der Waals surface area contributed by atoms with Crippen LogP contribution < -0.4 is 10.8 Å². The summed E-state index contributed by atoms with van der Waals surface area (Å²) in [4.78, 5) is 27.3. The lowest BCUT2D eigenvalue weighted by atomic mass is 10.00. The van der Waals surface area contributed by atoms with Crippen LogP contribution in [-0.2, 0) is 25.2 Å². The molecule has 1 aliphatic rings. The van der Waals surface area contributed by atoms with E-state index in [4.69, 9.17) is 4.74 Å². The lowest BCUT2D eigenvalue weighted by Gasteiger charge is -2.33. The third-order valence-electron chi connectivity index (χ3n) is 7.44. The summed E-state index contributed by atoms with van der Waals surface area (Å²) in [6, 6.07) is 4.31. The highest BCUT2D eigenvalue weighted by Crippen LogP contribution is 2.46. The molecule has 0 aliphatic carbocycles. The van der Waals surface area contributed by atoms with Gasteiger partial charge in [-0.05, 0) is 40.7 Å². The molecule has 16 heteroatoms. The second-order valence-corrected chi connectivity index (χ2v) is 17.5. The number of nitrogens with one attached hydrogen (secondary N) is 1. The molecule has 1 fully saturated rings. The highest BCUT2D eigenvalue weighted by atomic mass is 32.2. The number of benzene rings is 1. The van der Waals surface area contributed by atoms with Gasteiger partial charge in [0.2, 0.25) is 10.0 Å². The summed E-state index contributed by atoms with van der Waals surface area (Å²) in [5, 5.41) is 3.54. The van der Waals surface area contributed by atoms with E-state index in [0.29, 0.717) is 26.5 Å². The number of anilines is 1.